The number of aromatic nitrogens is 4. The highest BCUT2D eigenvalue weighted by atomic mass is 35.5. The molecule has 3 heterocycles. The Kier molecular flexibility index (Phi) is 5.38. The van der Waals surface area contributed by atoms with Crippen molar-refractivity contribution in [3.63, 3.8) is 0 Å². The maximum atomic E-state index is 14.8. The summed E-state index contributed by atoms with van der Waals surface area (Å²) < 4.78 is 16.6. The molecule has 1 fully saturated rings. The van der Waals surface area contributed by atoms with Gasteiger partial charge in [0.2, 0.25) is 0 Å². The Labute approximate surface area is 200 Å². The molecule has 6 N–H and O–H groups in total. The van der Waals surface area contributed by atoms with Crippen molar-refractivity contribution in [2.24, 2.45) is 11.3 Å². The first-order valence-electron chi connectivity index (χ1n) is 11.1. The molecule has 0 radical (unpaired) electrons. The monoisotopic (exact) mass is 484 g/mol. The highest BCUT2D eigenvalue weighted by Gasteiger charge is 2.53. The van der Waals surface area contributed by atoms with E-state index in [2.05, 4.69) is 15.0 Å². The van der Waals surface area contributed by atoms with E-state index in [0.29, 0.717) is 40.6 Å². The van der Waals surface area contributed by atoms with Crippen molar-refractivity contribution >= 4 is 45.2 Å². The number of nitrogen functional groups attached to an aromatic ring is 2. The molecule has 10 heteroatoms. The van der Waals surface area contributed by atoms with Crippen molar-refractivity contribution in [3.05, 3.63) is 53.2 Å². The van der Waals surface area contributed by atoms with Crippen molar-refractivity contribution in [2.45, 2.75) is 44.9 Å². The predicted octanol–water partition coefficient (Wildman–Crippen LogP) is 3.49. The Balaban J connectivity index is 1.45. The highest BCUT2D eigenvalue weighted by molar-refractivity contribution is 6.33. The number of hydrogen-bond donors (Lipinski definition) is 4. The van der Waals surface area contributed by atoms with Gasteiger partial charge in [-0.3, -0.25) is 0 Å². The molecular formula is C24H26ClFN6O2. The minimum Gasteiger partial charge on any atom is -0.390 e. The van der Waals surface area contributed by atoms with Gasteiger partial charge in [0.25, 0.3) is 0 Å². The van der Waals surface area contributed by atoms with E-state index in [1.165, 1.54) is 18.5 Å². The molecule has 5 atom stereocenters. The zero-order valence-electron chi connectivity index (χ0n) is 18.8. The smallest absolute Gasteiger partial charge is 0.145 e. The molecule has 178 valence electrons. The first kappa shape index (κ1) is 22.8. The van der Waals surface area contributed by atoms with Crippen molar-refractivity contribution < 1.29 is 14.6 Å². The average molecular weight is 485 g/mol. The van der Waals surface area contributed by atoms with Crippen LogP contribution in [0.15, 0.2) is 36.8 Å². The van der Waals surface area contributed by atoms with Gasteiger partial charge in [-0.05, 0) is 48.6 Å². The highest BCUT2D eigenvalue weighted by Crippen LogP contribution is 2.50. The summed E-state index contributed by atoms with van der Waals surface area (Å²) in [5.74, 6) is -0.0153. The van der Waals surface area contributed by atoms with Crippen molar-refractivity contribution in [1.82, 2.24) is 19.5 Å². The maximum absolute atomic E-state index is 14.8. The van der Waals surface area contributed by atoms with E-state index in [-0.39, 0.29) is 16.8 Å². The Morgan fingerprint density at radius 1 is 1.21 bits per heavy atom. The van der Waals surface area contributed by atoms with Crippen LogP contribution in [0.1, 0.15) is 31.9 Å². The van der Waals surface area contributed by atoms with Crippen molar-refractivity contribution in [1.29, 1.82) is 0 Å². The molecule has 0 bridgehead atoms. The Bertz CT molecular complexity index is 1410. The number of aliphatic hydroxyl groups is 2. The summed E-state index contributed by atoms with van der Waals surface area (Å²) in [6.45, 7) is 3.95. The van der Waals surface area contributed by atoms with Crippen LogP contribution >= 0.6 is 11.6 Å². The fraction of sp³-hybridized carbons (Fsp3) is 0.375. The molecule has 1 unspecified atom stereocenters. The Morgan fingerprint density at radius 2 is 1.97 bits per heavy atom. The third-order valence-corrected chi connectivity index (χ3v) is 7.83. The molecule has 1 aliphatic carbocycles. The number of fused-ring (bicyclic) bond motifs is 2. The van der Waals surface area contributed by atoms with Crippen LogP contribution in [0.4, 0.5) is 16.0 Å². The SMILES string of the molecule is CC(Cc1cc(F)c2cc(Cl)c(N)nc2c1)[C@@]1(C)C[C@@H](n2ccc3c(N)ncnc32)[C@H](O)[C@@H]1O. The van der Waals surface area contributed by atoms with Crippen LogP contribution < -0.4 is 11.5 Å². The van der Waals surface area contributed by atoms with Gasteiger partial charge in [0.05, 0.1) is 28.1 Å². The van der Waals surface area contributed by atoms with Gasteiger partial charge in [-0.1, -0.05) is 25.4 Å². The number of halogens is 2. The number of nitrogens with two attached hydrogens (primary N) is 2. The van der Waals surface area contributed by atoms with E-state index in [0.717, 1.165) is 5.56 Å². The quantitative estimate of drug-likeness (QED) is 0.348. The average Bonchev–Trinajstić information content (AvgIpc) is 3.31. The third kappa shape index (κ3) is 3.46. The van der Waals surface area contributed by atoms with Gasteiger partial charge in [-0.25, -0.2) is 19.3 Å². The molecule has 3 aromatic heterocycles. The van der Waals surface area contributed by atoms with Gasteiger partial charge < -0.3 is 26.2 Å². The number of pyridine rings is 1. The molecule has 0 aliphatic heterocycles. The van der Waals surface area contributed by atoms with E-state index in [1.54, 1.807) is 6.07 Å². The first-order valence-corrected chi connectivity index (χ1v) is 11.4. The molecule has 4 aromatic rings. The second-order valence-corrected chi connectivity index (χ2v) is 9.94. The first-order chi connectivity index (χ1) is 16.1. The topological polar surface area (TPSA) is 136 Å². The zero-order chi connectivity index (χ0) is 24.4. The molecule has 1 saturated carbocycles. The standard InChI is InChI=1S/C24H26ClFN6O2/c1-11(5-12-6-16(26)14-8-15(25)22(28)31-17(14)7-12)24(2)9-18(19(33)20(24)34)32-4-3-13-21(27)29-10-30-23(13)32/h3-4,6-8,10-11,18-20,33-34H,5,9H2,1-2H3,(H2,28,31)(H2,27,29,30)/t11?,18-,19+,20+,24-/m1/s1. The number of rotatable bonds is 4. The van der Waals surface area contributed by atoms with Gasteiger partial charge in [0.1, 0.15) is 35.5 Å². The summed E-state index contributed by atoms with van der Waals surface area (Å²) in [4.78, 5) is 12.6. The molecule has 34 heavy (non-hydrogen) atoms. The lowest BCUT2D eigenvalue weighted by Gasteiger charge is -2.35. The summed E-state index contributed by atoms with van der Waals surface area (Å²) in [5, 5.41) is 23.3. The van der Waals surface area contributed by atoms with Gasteiger partial charge in [-0.15, -0.1) is 0 Å². The van der Waals surface area contributed by atoms with Gasteiger partial charge in [0.15, 0.2) is 0 Å². The summed E-state index contributed by atoms with van der Waals surface area (Å²) in [5.41, 5.74) is 12.9. The summed E-state index contributed by atoms with van der Waals surface area (Å²) in [7, 11) is 0. The van der Waals surface area contributed by atoms with E-state index in [9.17, 15) is 14.6 Å². The van der Waals surface area contributed by atoms with Crippen LogP contribution in [0.5, 0.6) is 0 Å². The summed E-state index contributed by atoms with van der Waals surface area (Å²) in [6.07, 6.45) is 2.19. The van der Waals surface area contributed by atoms with Gasteiger partial charge in [-0.2, -0.15) is 0 Å². The lowest BCUT2D eigenvalue weighted by molar-refractivity contribution is -0.0408. The van der Waals surface area contributed by atoms with Gasteiger partial charge >= 0.3 is 0 Å². The molecular weight excluding hydrogens is 459 g/mol. The normalized spacial score (nSPS) is 25.9. The number of anilines is 2. The number of aliphatic hydroxyl groups excluding tert-OH is 2. The van der Waals surface area contributed by atoms with Crippen molar-refractivity contribution in [3.8, 4) is 0 Å². The van der Waals surface area contributed by atoms with Crippen LogP contribution in [-0.4, -0.2) is 41.9 Å². The molecule has 5 rings (SSSR count). The number of nitrogens with zero attached hydrogens (tertiary/aromatic N) is 4. The van der Waals surface area contributed by atoms with E-state index >= 15 is 0 Å². The van der Waals surface area contributed by atoms with Crippen LogP contribution in [0, 0.1) is 17.2 Å². The van der Waals surface area contributed by atoms with E-state index < -0.39 is 29.5 Å². The lowest BCUT2D eigenvalue weighted by Crippen LogP contribution is -2.39. The van der Waals surface area contributed by atoms with Crippen molar-refractivity contribution in [2.75, 3.05) is 11.5 Å². The van der Waals surface area contributed by atoms with Crippen LogP contribution in [0.3, 0.4) is 0 Å². The minimum atomic E-state index is -1.00. The maximum Gasteiger partial charge on any atom is 0.145 e. The molecule has 1 aliphatic rings. The predicted molar refractivity (Wildman–Crippen MR) is 130 cm³/mol. The number of hydrogen-bond acceptors (Lipinski definition) is 7. The molecule has 0 amide bonds. The molecule has 0 saturated heterocycles. The lowest BCUT2D eigenvalue weighted by atomic mass is 9.72. The summed E-state index contributed by atoms with van der Waals surface area (Å²) >= 11 is 6.00. The van der Waals surface area contributed by atoms with E-state index in [1.807, 2.05) is 30.7 Å². The van der Waals surface area contributed by atoms with E-state index in [4.69, 9.17) is 23.1 Å². The third-order valence-electron chi connectivity index (χ3n) is 7.53. The Hall–Kier alpha value is -3.01. The minimum absolute atomic E-state index is 0.0924. The molecule has 1 aromatic carbocycles. The summed E-state index contributed by atoms with van der Waals surface area (Å²) in [6, 6.07) is 6.14. The van der Waals surface area contributed by atoms with Crippen LogP contribution in [0.2, 0.25) is 5.02 Å². The number of benzene rings is 1. The fourth-order valence-electron chi connectivity index (χ4n) is 5.29. The van der Waals surface area contributed by atoms with Gasteiger partial charge in [0, 0.05) is 17.0 Å². The largest absolute Gasteiger partial charge is 0.390 e. The Morgan fingerprint density at radius 3 is 2.74 bits per heavy atom. The van der Waals surface area contributed by atoms with Crippen LogP contribution in [0.25, 0.3) is 21.9 Å². The second kappa shape index (κ2) is 8.04. The fourth-order valence-corrected chi connectivity index (χ4v) is 5.44. The zero-order valence-corrected chi connectivity index (χ0v) is 19.5. The molecule has 8 nitrogen and oxygen atoms in total. The second-order valence-electron chi connectivity index (χ2n) is 9.54. The molecule has 0 spiro atoms. The van der Waals surface area contributed by atoms with Crippen LogP contribution in [-0.2, 0) is 6.42 Å².